The lowest BCUT2D eigenvalue weighted by atomic mass is 10.1. The molecule has 1 aromatic rings. The number of allylic oxidation sites excluding steroid dienone is 2. The van der Waals surface area contributed by atoms with E-state index in [0.29, 0.717) is 5.11 Å². The van der Waals surface area contributed by atoms with Gasteiger partial charge in [-0.1, -0.05) is 18.2 Å². The first-order chi connectivity index (χ1) is 10.0. The first-order valence-corrected chi connectivity index (χ1v) is 7.28. The third-order valence-corrected chi connectivity index (χ3v) is 3.65. The highest BCUT2D eigenvalue weighted by Gasteiger charge is 2.28. The van der Waals surface area contributed by atoms with Crippen LogP contribution < -0.4 is 15.8 Å². The maximum Gasteiger partial charge on any atom is 0.165 e. The maximum absolute atomic E-state index is 5.64. The zero-order chi connectivity index (χ0) is 15.3. The molecule has 0 aliphatic carbocycles. The fraction of sp³-hybridized carbons (Fsp3) is 0.312. The van der Waals surface area contributed by atoms with Crippen LogP contribution in [0.15, 0.2) is 48.7 Å². The van der Waals surface area contributed by atoms with Crippen molar-refractivity contribution in [3.8, 4) is 5.75 Å². The third-order valence-electron chi connectivity index (χ3n) is 3.55. The van der Waals surface area contributed by atoms with E-state index in [-0.39, 0.29) is 5.66 Å². The van der Waals surface area contributed by atoms with Crippen LogP contribution in [0, 0.1) is 0 Å². The highest BCUT2D eigenvalue weighted by atomic mass is 32.1. The van der Waals surface area contributed by atoms with E-state index in [1.54, 1.807) is 7.11 Å². The molecule has 1 aromatic carbocycles. The van der Waals surface area contributed by atoms with Crippen molar-refractivity contribution >= 4 is 17.3 Å². The predicted molar refractivity (Wildman–Crippen MR) is 90.0 cm³/mol. The minimum absolute atomic E-state index is 0.295. The van der Waals surface area contributed by atoms with E-state index in [4.69, 9.17) is 22.7 Å². The Morgan fingerprint density at radius 2 is 2.24 bits per heavy atom. The summed E-state index contributed by atoms with van der Waals surface area (Å²) < 4.78 is 5.26. The van der Waals surface area contributed by atoms with Crippen LogP contribution in [0.3, 0.4) is 0 Å². The molecule has 1 heterocycles. The van der Waals surface area contributed by atoms with Crippen molar-refractivity contribution < 1.29 is 4.74 Å². The molecule has 3 N–H and O–H groups in total. The second kappa shape index (κ2) is 6.63. The Morgan fingerprint density at radius 1 is 1.43 bits per heavy atom. The standard InChI is InChI=1S/C16H21N3OS/c1-16(18-15(17)21)9-3-4-10-19(16)11-8-13-6-5-7-14(12-13)20-2/h3-7,9-10,12H,8,11H2,1-2H3,(H3,17,18,21). The molecule has 1 aliphatic rings. The topological polar surface area (TPSA) is 50.5 Å². The van der Waals surface area contributed by atoms with Crippen molar-refractivity contribution in [2.75, 3.05) is 13.7 Å². The number of ether oxygens (including phenoxy) is 1. The van der Waals surface area contributed by atoms with E-state index in [1.807, 2.05) is 30.5 Å². The van der Waals surface area contributed by atoms with Gasteiger partial charge in [0.2, 0.25) is 0 Å². The van der Waals surface area contributed by atoms with Gasteiger partial charge in [-0.2, -0.15) is 0 Å². The van der Waals surface area contributed by atoms with Crippen LogP contribution >= 0.6 is 12.2 Å². The smallest absolute Gasteiger partial charge is 0.165 e. The molecule has 0 saturated heterocycles. The quantitative estimate of drug-likeness (QED) is 0.817. The molecule has 21 heavy (non-hydrogen) atoms. The molecule has 1 aliphatic heterocycles. The van der Waals surface area contributed by atoms with Crippen molar-refractivity contribution in [3.63, 3.8) is 0 Å². The van der Waals surface area contributed by atoms with Crippen LogP contribution in [0.4, 0.5) is 0 Å². The zero-order valence-corrected chi connectivity index (χ0v) is 13.2. The molecule has 0 radical (unpaired) electrons. The number of thiocarbonyl (C=S) groups is 1. The van der Waals surface area contributed by atoms with Crippen LogP contribution in [-0.4, -0.2) is 29.3 Å². The van der Waals surface area contributed by atoms with Gasteiger partial charge in [0.05, 0.1) is 7.11 Å². The molecule has 4 nitrogen and oxygen atoms in total. The Hall–Kier alpha value is -2.01. The van der Waals surface area contributed by atoms with Crippen molar-refractivity contribution in [1.82, 2.24) is 10.2 Å². The first kappa shape index (κ1) is 15.4. The fourth-order valence-electron chi connectivity index (χ4n) is 2.39. The van der Waals surface area contributed by atoms with E-state index in [9.17, 15) is 0 Å². The van der Waals surface area contributed by atoms with Gasteiger partial charge in [0.15, 0.2) is 5.11 Å². The van der Waals surface area contributed by atoms with Gasteiger partial charge in [0, 0.05) is 12.7 Å². The van der Waals surface area contributed by atoms with E-state index in [1.165, 1.54) is 5.56 Å². The Morgan fingerprint density at radius 3 is 2.95 bits per heavy atom. The summed E-state index contributed by atoms with van der Waals surface area (Å²) in [5.74, 6) is 0.880. The lowest BCUT2D eigenvalue weighted by Crippen LogP contribution is -2.57. The number of methoxy groups -OCH3 is 1. The van der Waals surface area contributed by atoms with Crippen LogP contribution in [0.25, 0.3) is 0 Å². The van der Waals surface area contributed by atoms with Crippen molar-refractivity contribution in [1.29, 1.82) is 0 Å². The average molecular weight is 303 g/mol. The summed E-state index contributed by atoms with van der Waals surface area (Å²) in [4.78, 5) is 2.19. The highest BCUT2D eigenvalue weighted by molar-refractivity contribution is 7.80. The Bertz CT molecular complexity index is 570. The third kappa shape index (κ3) is 3.98. The average Bonchev–Trinajstić information content (AvgIpc) is 2.45. The second-order valence-corrected chi connectivity index (χ2v) is 5.57. The summed E-state index contributed by atoms with van der Waals surface area (Å²) in [7, 11) is 1.68. The van der Waals surface area contributed by atoms with Gasteiger partial charge in [-0.3, -0.25) is 0 Å². The lowest BCUT2D eigenvalue weighted by Gasteiger charge is -2.41. The van der Waals surface area contributed by atoms with Gasteiger partial charge >= 0.3 is 0 Å². The summed E-state index contributed by atoms with van der Waals surface area (Å²) >= 11 is 4.98. The Balaban J connectivity index is 2.05. The monoisotopic (exact) mass is 303 g/mol. The number of rotatable bonds is 5. The van der Waals surface area contributed by atoms with Crippen LogP contribution in [0.5, 0.6) is 5.75 Å². The Labute approximate surface area is 131 Å². The summed E-state index contributed by atoms with van der Waals surface area (Å²) in [6.45, 7) is 2.90. The lowest BCUT2D eigenvalue weighted by molar-refractivity contribution is 0.198. The SMILES string of the molecule is COc1cccc(CCN2C=CC=CC2(C)NC(N)=S)c1. The molecule has 0 amide bonds. The molecule has 0 aromatic heterocycles. The van der Waals surface area contributed by atoms with Crippen molar-refractivity contribution in [2.24, 2.45) is 5.73 Å². The normalized spacial score (nSPS) is 20.4. The van der Waals surface area contributed by atoms with E-state index >= 15 is 0 Å². The number of hydrogen-bond donors (Lipinski definition) is 2. The van der Waals surface area contributed by atoms with Gasteiger partial charge in [0.1, 0.15) is 11.4 Å². The van der Waals surface area contributed by atoms with Gasteiger partial charge in [-0.15, -0.1) is 0 Å². The minimum atomic E-state index is -0.389. The molecule has 112 valence electrons. The molecule has 0 fully saturated rings. The minimum Gasteiger partial charge on any atom is -0.497 e. The molecule has 2 rings (SSSR count). The van der Waals surface area contributed by atoms with E-state index in [0.717, 1.165) is 18.7 Å². The molecule has 0 bridgehead atoms. The van der Waals surface area contributed by atoms with Crippen LogP contribution in [-0.2, 0) is 6.42 Å². The van der Waals surface area contributed by atoms with E-state index < -0.39 is 0 Å². The number of nitrogens with zero attached hydrogens (tertiary/aromatic N) is 1. The second-order valence-electron chi connectivity index (χ2n) is 5.13. The number of benzene rings is 1. The van der Waals surface area contributed by atoms with Gasteiger partial charge in [-0.05, 0) is 55.4 Å². The maximum atomic E-state index is 5.64. The zero-order valence-electron chi connectivity index (χ0n) is 12.4. The predicted octanol–water partition coefficient (Wildman–Crippen LogP) is 2.17. The molecule has 5 heteroatoms. The van der Waals surface area contributed by atoms with E-state index in [2.05, 4.69) is 35.3 Å². The molecule has 0 spiro atoms. The van der Waals surface area contributed by atoms with Crippen molar-refractivity contribution in [2.45, 2.75) is 19.0 Å². The van der Waals surface area contributed by atoms with Crippen LogP contribution in [0.1, 0.15) is 12.5 Å². The van der Waals surface area contributed by atoms with Gasteiger partial charge in [0.25, 0.3) is 0 Å². The molecule has 1 unspecified atom stereocenters. The highest BCUT2D eigenvalue weighted by Crippen LogP contribution is 2.20. The number of hydrogen-bond acceptors (Lipinski definition) is 3. The number of nitrogens with two attached hydrogens (primary N) is 1. The summed E-state index contributed by atoms with van der Waals surface area (Å²) in [6.07, 6.45) is 9.01. The Kier molecular flexibility index (Phi) is 4.85. The molecular weight excluding hydrogens is 282 g/mol. The van der Waals surface area contributed by atoms with Crippen LogP contribution in [0.2, 0.25) is 0 Å². The number of nitrogens with one attached hydrogen (secondary N) is 1. The summed E-state index contributed by atoms with van der Waals surface area (Å²) in [5, 5.41) is 3.43. The van der Waals surface area contributed by atoms with Gasteiger partial charge < -0.3 is 20.7 Å². The summed E-state index contributed by atoms with van der Waals surface area (Å²) in [5.41, 5.74) is 6.48. The molecule has 1 atom stereocenters. The van der Waals surface area contributed by atoms with Gasteiger partial charge in [-0.25, -0.2) is 0 Å². The molecular formula is C16H21N3OS. The summed E-state index contributed by atoms with van der Waals surface area (Å²) in [6, 6.07) is 8.12. The van der Waals surface area contributed by atoms with Crippen molar-refractivity contribution in [3.05, 3.63) is 54.3 Å². The molecule has 0 saturated carbocycles. The first-order valence-electron chi connectivity index (χ1n) is 6.87. The fourth-order valence-corrected chi connectivity index (χ4v) is 2.60. The largest absolute Gasteiger partial charge is 0.497 e.